The molecule has 2 N–H and O–H groups in total. The summed E-state index contributed by atoms with van der Waals surface area (Å²) < 4.78 is 5.43. The van der Waals surface area contributed by atoms with Crippen molar-refractivity contribution in [3.63, 3.8) is 0 Å². The number of morpholine rings is 1. The number of nitrogens with one attached hydrogen (secondary N) is 2. The molecule has 176 valence electrons. The molecule has 7 nitrogen and oxygen atoms in total. The maximum Gasteiger partial charge on any atom is 0.232 e. The highest BCUT2D eigenvalue weighted by Crippen LogP contribution is 2.21. The Kier molecular flexibility index (Phi) is 7.83. The molecular weight excluding hydrogens is 414 g/mol. The first-order valence-electron chi connectivity index (χ1n) is 11.8. The molecule has 2 aliphatic heterocycles. The van der Waals surface area contributed by atoms with Crippen molar-refractivity contribution in [1.29, 1.82) is 0 Å². The summed E-state index contributed by atoms with van der Waals surface area (Å²) in [5, 5.41) is 6.97. The second-order valence-corrected chi connectivity index (χ2v) is 8.77. The summed E-state index contributed by atoms with van der Waals surface area (Å²) >= 11 is 0. The van der Waals surface area contributed by atoms with Crippen LogP contribution in [-0.4, -0.2) is 75.8 Å². The van der Waals surface area contributed by atoms with Crippen molar-refractivity contribution in [2.24, 2.45) is 4.99 Å². The highest BCUT2D eigenvalue weighted by atomic mass is 16.5. The minimum Gasteiger partial charge on any atom is -0.378 e. The van der Waals surface area contributed by atoms with Gasteiger partial charge >= 0.3 is 0 Å². The van der Waals surface area contributed by atoms with Gasteiger partial charge in [-0.2, -0.15) is 0 Å². The van der Waals surface area contributed by atoms with Crippen molar-refractivity contribution in [3.05, 3.63) is 65.7 Å². The van der Waals surface area contributed by atoms with Crippen LogP contribution in [0.15, 0.2) is 59.6 Å². The van der Waals surface area contributed by atoms with Gasteiger partial charge in [-0.05, 0) is 31.0 Å². The van der Waals surface area contributed by atoms with Crippen molar-refractivity contribution in [2.45, 2.75) is 25.3 Å². The number of guanidine groups is 1. The van der Waals surface area contributed by atoms with Crippen molar-refractivity contribution >= 4 is 17.6 Å². The normalized spacial score (nSPS) is 19.9. The first-order chi connectivity index (χ1) is 16.1. The molecule has 2 aromatic carbocycles. The highest BCUT2D eigenvalue weighted by molar-refractivity contribution is 5.86. The molecule has 7 heteroatoms. The van der Waals surface area contributed by atoms with E-state index in [-0.39, 0.29) is 11.8 Å². The molecule has 2 fully saturated rings. The number of hydrogen-bond acceptors (Lipinski definition) is 4. The van der Waals surface area contributed by atoms with Crippen LogP contribution in [0.1, 0.15) is 23.5 Å². The number of hydrogen-bond donors (Lipinski definition) is 2. The smallest absolute Gasteiger partial charge is 0.232 e. The number of amides is 1. The van der Waals surface area contributed by atoms with Gasteiger partial charge < -0.3 is 25.2 Å². The van der Waals surface area contributed by atoms with E-state index >= 15 is 0 Å². The highest BCUT2D eigenvalue weighted by Gasteiger charge is 2.28. The van der Waals surface area contributed by atoms with Crippen LogP contribution in [-0.2, 0) is 9.53 Å². The number of carbonyl (C=O) groups is 1. The van der Waals surface area contributed by atoms with Gasteiger partial charge in [-0.1, -0.05) is 48.0 Å². The van der Waals surface area contributed by atoms with Crippen molar-refractivity contribution < 1.29 is 9.53 Å². The predicted molar refractivity (Wildman–Crippen MR) is 133 cm³/mol. The fourth-order valence-corrected chi connectivity index (χ4v) is 4.49. The molecule has 4 rings (SSSR count). The zero-order chi connectivity index (χ0) is 23.0. The Bertz CT molecular complexity index is 925. The lowest BCUT2D eigenvalue weighted by atomic mass is 9.97. The van der Waals surface area contributed by atoms with E-state index in [0.717, 1.165) is 31.0 Å². The number of anilines is 1. The second-order valence-electron chi connectivity index (χ2n) is 8.77. The number of ether oxygens (including phenoxy) is 1. The molecule has 2 atom stereocenters. The summed E-state index contributed by atoms with van der Waals surface area (Å²) in [5.74, 6) is 0.607. The number of carbonyl (C=O) groups excluding carboxylic acids is 1. The van der Waals surface area contributed by atoms with E-state index in [1.165, 1.54) is 11.3 Å². The summed E-state index contributed by atoms with van der Waals surface area (Å²) in [6.45, 7) is 7.04. The predicted octanol–water partition coefficient (Wildman–Crippen LogP) is 2.38. The molecule has 1 amide bonds. The number of nitrogens with zero attached hydrogens (tertiary/aromatic N) is 3. The molecule has 0 aromatic heterocycles. The summed E-state index contributed by atoms with van der Waals surface area (Å²) in [5.41, 5.74) is 3.55. The second kappa shape index (κ2) is 11.2. The average Bonchev–Trinajstić information content (AvgIpc) is 3.33. The van der Waals surface area contributed by atoms with E-state index in [9.17, 15) is 4.79 Å². The lowest BCUT2D eigenvalue weighted by molar-refractivity contribution is -0.136. The van der Waals surface area contributed by atoms with Crippen LogP contribution in [0.2, 0.25) is 0 Å². The van der Waals surface area contributed by atoms with Crippen LogP contribution in [0, 0.1) is 6.92 Å². The molecule has 0 spiro atoms. The molecule has 0 radical (unpaired) electrons. The summed E-state index contributed by atoms with van der Waals surface area (Å²) in [6, 6.07) is 19.0. The molecule has 2 aromatic rings. The van der Waals surface area contributed by atoms with Gasteiger partial charge in [-0.3, -0.25) is 9.79 Å². The van der Waals surface area contributed by atoms with Crippen LogP contribution in [0.25, 0.3) is 0 Å². The molecular formula is C26H35N5O2. The maximum absolute atomic E-state index is 13.3. The van der Waals surface area contributed by atoms with Crippen LogP contribution in [0.5, 0.6) is 0 Å². The maximum atomic E-state index is 13.3. The van der Waals surface area contributed by atoms with Gasteiger partial charge in [0.15, 0.2) is 5.96 Å². The topological polar surface area (TPSA) is 69.2 Å². The van der Waals surface area contributed by atoms with Gasteiger partial charge in [0.1, 0.15) is 0 Å². The molecule has 0 aliphatic carbocycles. The Morgan fingerprint density at radius 1 is 1.09 bits per heavy atom. The van der Waals surface area contributed by atoms with E-state index in [4.69, 9.17) is 4.74 Å². The van der Waals surface area contributed by atoms with Gasteiger partial charge in [0, 0.05) is 51.5 Å². The summed E-state index contributed by atoms with van der Waals surface area (Å²) in [4.78, 5) is 22.1. The molecule has 2 saturated heterocycles. The Morgan fingerprint density at radius 2 is 1.82 bits per heavy atom. The monoisotopic (exact) mass is 449 g/mol. The van der Waals surface area contributed by atoms with Gasteiger partial charge in [0.05, 0.1) is 19.1 Å². The minimum absolute atomic E-state index is 0.138. The van der Waals surface area contributed by atoms with E-state index in [1.807, 2.05) is 35.2 Å². The number of benzene rings is 2. The van der Waals surface area contributed by atoms with Gasteiger partial charge in [0.25, 0.3) is 0 Å². The largest absolute Gasteiger partial charge is 0.378 e. The van der Waals surface area contributed by atoms with E-state index in [1.54, 1.807) is 7.05 Å². The fourth-order valence-electron chi connectivity index (χ4n) is 4.49. The summed E-state index contributed by atoms with van der Waals surface area (Å²) in [7, 11) is 1.78. The van der Waals surface area contributed by atoms with Crippen molar-refractivity contribution in [2.75, 3.05) is 57.9 Å². The van der Waals surface area contributed by atoms with E-state index in [2.05, 4.69) is 51.7 Å². The Labute approximate surface area is 196 Å². The number of aliphatic imine (C=N–C) groups is 1. The third kappa shape index (κ3) is 6.05. The van der Waals surface area contributed by atoms with Gasteiger partial charge in [-0.25, -0.2) is 0 Å². The van der Waals surface area contributed by atoms with Crippen LogP contribution in [0.4, 0.5) is 5.69 Å². The van der Waals surface area contributed by atoms with Gasteiger partial charge in [0.2, 0.25) is 5.91 Å². The number of rotatable bonds is 6. The standard InChI is InChI=1S/C26H35N5O2/c1-20-8-10-23(11-9-20)31-13-12-22(19-31)29-26(27-2)28-18-24(21-6-4-3-5-7-21)25(32)30-14-16-33-17-15-30/h3-11,22,24H,12-19H2,1-2H3,(H2,27,28,29). The lowest BCUT2D eigenvalue weighted by Crippen LogP contribution is -2.49. The van der Waals surface area contributed by atoms with Crippen molar-refractivity contribution in [3.8, 4) is 0 Å². The van der Waals surface area contributed by atoms with E-state index in [0.29, 0.717) is 38.9 Å². The molecule has 2 unspecified atom stereocenters. The zero-order valence-corrected chi connectivity index (χ0v) is 19.7. The Hall–Kier alpha value is -3.06. The average molecular weight is 450 g/mol. The van der Waals surface area contributed by atoms with Crippen LogP contribution < -0.4 is 15.5 Å². The summed E-state index contributed by atoms with van der Waals surface area (Å²) in [6.07, 6.45) is 1.05. The molecule has 0 bridgehead atoms. The quantitative estimate of drug-likeness (QED) is 0.524. The number of aryl methyl sites for hydroxylation is 1. The van der Waals surface area contributed by atoms with Crippen LogP contribution in [0.3, 0.4) is 0 Å². The van der Waals surface area contributed by atoms with Crippen molar-refractivity contribution in [1.82, 2.24) is 15.5 Å². The third-order valence-electron chi connectivity index (χ3n) is 6.45. The minimum atomic E-state index is -0.268. The fraction of sp³-hybridized carbons (Fsp3) is 0.462. The van der Waals surface area contributed by atoms with Gasteiger partial charge in [-0.15, -0.1) is 0 Å². The Balaban J connectivity index is 1.36. The Morgan fingerprint density at radius 3 is 2.52 bits per heavy atom. The lowest BCUT2D eigenvalue weighted by Gasteiger charge is -2.31. The molecule has 33 heavy (non-hydrogen) atoms. The first kappa shape index (κ1) is 23.1. The SMILES string of the molecule is CN=C(NCC(C(=O)N1CCOCC1)c1ccccc1)NC1CCN(c2ccc(C)cc2)C1. The molecule has 2 heterocycles. The molecule has 2 aliphatic rings. The van der Waals surface area contributed by atoms with E-state index < -0.39 is 0 Å². The van der Waals surface area contributed by atoms with Crippen LogP contribution >= 0.6 is 0 Å². The molecule has 0 saturated carbocycles. The third-order valence-corrected chi connectivity index (χ3v) is 6.45. The first-order valence-corrected chi connectivity index (χ1v) is 11.8. The zero-order valence-electron chi connectivity index (χ0n) is 19.7.